The summed E-state index contributed by atoms with van der Waals surface area (Å²) >= 11 is 0. The van der Waals surface area contributed by atoms with Crippen LogP contribution in [-0.4, -0.2) is 11.3 Å². The van der Waals surface area contributed by atoms with E-state index in [1.807, 2.05) is 0 Å². The third-order valence-corrected chi connectivity index (χ3v) is 2.95. The number of rotatable bonds is 4. The number of phenols is 1. The van der Waals surface area contributed by atoms with E-state index in [0.29, 0.717) is 5.56 Å². The summed E-state index contributed by atoms with van der Waals surface area (Å²) in [5.41, 5.74) is 0.577. The van der Waals surface area contributed by atoms with E-state index in [0.717, 1.165) is 0 Å². The Morgan fingerprint density at radius 2 is 1.55 bits per heavy atom. The monoisotopic (exact) mass is 281 g/mol. The highest BCUT2D eigenvalue weighted by Gasteiger charge is 2.40. The van der Waals surface area contributed by atoms with Gasteiger partial charge in [0.15, 0.2) is 0 Å². The zero-order valence-electron chi connectivity index (χ0n) is 10.6. The molecule has 0 spiro atoms. The molecular weight excluding hydrogens is 267 g/mol. The molecule has 5 heteroatoms. The number of phenolic OH excluding ortho intramolecular Hbond substituents is 1. The van der Waals surface area contributed by atoms with Crippen LogP contribution < -0.4 is 5.32 Å². The van der Waals surface area contributed by atoms with Gasteiger partial charge in [0.1, 0.15) is 11.8 Å². The average molecular weight is 281 g/mol. The normalized spacial score (nSPS) is 13.2. The molecule has 0 aromatic heterocycles. The van der Waals surface area contributed by atoms with Gasteiger partial charge in [0, 0.05) is 12.1 Å². The van der Waals surface area contributed by atoms with Crippen molar-refractivity contribution in [1.29, 1.82) is 0 Å². The number of alkyl halides is 3. The summed E-state index contributed by atoms with van der Waals surface area (Å²) in [7, 11) is 0. The molecule has 2 aromatic carbocycles. The lowest BCUT2D eigenvalue weighted by Crippen LogP contribution is -2.33. The van der Waals surface area contributed by atoms with E-state index in [9.17, 15) is 18.3 Å². The van der Waals surface area contributed by atoms with E-state index < -0.39 is 12.2 Å². The van der Waals surface area contributed by atoms with Crippen molar-refractivity contribution in [3.05, 3.63) is 65.7 Å². The quantitative estimate of drug-likeness (QED) is 0.893. The first-order valence-corrected chi connectivity index (χ1v) is 6.10. The minimum atomic E-state index is -4.40. The van der Waals surface area contributed by atoms with Crippen molar-refractivity contribution in [2.45, 2.75) is 18.8 Å². The van der Waals surface area contributed by atoms with Crippen LogP contribution in [0.25, 0.3) is 0 Å². The Balaban J connectivity index is 2.16. The fraction of sp³-hybridized carbons (Fsp3) is 0.200. The molecule has 106 valence electrons. The van der Waals surface area contributed by atoms with E-state index >= 15 is 0 Å². The molecule has 0 bridgehead atoms. The second-order valence-corrected chi connectivity index (χ2v) is 4.39. The molecule has 0 aliphatic heterocycles. The van der Waals surface area contributed by atoms with Gasteiger partial charge in [-0.3, -0.25) is 5.32 Å². The molecule has 1 atom stereocenters. The maximum atomic E-state index is 13.1. The van der Waals surface area contributed by atoms with Crippen LogP contribution in [0.1, 0.15) is 17.2 Å². The van der Waals surface area contributed by atoms with Gasteiger partial charge in [-0.2, -0.15) is 13.2 Å². The number of aromatic hydroxyl groups is 1. The van der Waals surface area contributed by atoms with Gasteiger partial charge in [-0.05, 0) is 11.6 Å². The number of hydrogen-bond acceptors (Lipinski definition) is 2. The highest BCUT2D eigenvalue weighted by molar-refractivity contribution is 5.32. The van der Waals surface area contributed by atoms with Crippen molar-refractivity contribution in [3.63, 3.8) is 0 Å². The Labute approximate surface area is 114 Å². The third kappa shape index (κ3) is 3.51. The van der Waals surface area contributed by atoms with Crippen LogP contribution in [0, 0.1) is 0 Å². The van der Waals surface area contributed by atoms with Crippen molar-refractivity contribution in [3.8, 4) is 5.75 Å². The summed E-state index contributed by atoms with van der Waals surface area (Å²) in [5, 5.41) is 12.0. The number of hydrogen-bond donors (Lipinski definition) is 2. The van der Waals surface area contributed by atoms with Gasteiger partial charge >= 0.3 is 6.18 Å². The topological polar surface area (TPSA) is 32.3 Å². The maximum absolute atomic E-state index is 13.1. The van der Waals surface area contributed by atoms with Gasteiger partial charge in [-0.1, -0.05) is 48.5 Å². The zero-order chi connectivity index (χ0) is 14.6. The molecule has 0 saturated carbocycles. The molecular formula is C15H14F3NO. The molecule has 0 heterocycles. The van der Waals surface area contributed by atoms with Crippen molar-refractivity contribution < 1.29 is 18.3 Å². The Kier molecular flexibility index (Phi) is 4.29. The van der Waals surface area contributed by atoms with Crippen LogP contribution in [0.3, 0.4) is 0 Å². The number of nitrogens with one attached hydrogen (secondary N) is 1. The van der Waals surface area contributed by atoms with Gasteiger partial charge in [0.25, 0.3) is 0 Å². The third-order valence-electron chi connectivity index (χ3n) is 2.95. The van der Waals surface area contributed by atoms with Crippen LogP contribution in [0.15, 0.2) is 54.6 Å². The molecule has 2 N–H and O–H groups in total. The first-order valence-electron chi connectivity index (χ1n) is 6.10. The van der Waals surface area contributed by atoms with Crippen molar-refractivity contribution in [2.75, 3.05) is 0 Å². The van der Waals surface area contributed by atoms with Crippen LogP contribution >= 0.6 is 0 Å². The second-order valence-electron chi connectivity index (χ2n) is 4.39. The van der Waals surface area contributed by atoms with Crippen LogP contribution in [0.4, 0.5) is 13.2 Å². The molecule has 0 radical (unpaired) electrons. The summed E-state index contributed by atoms with van der Waals surface area (Å²) in [5.74, 6) is -0.0195. The molecule has 2 aromatic rings. The van der Waals surface area contributed by atoms with Gasteiger partial charge in [-0.15, -0.1) is 0 Å². The molecule has 0 fully saturated rings. The largest absolute Gasteiger partial charge is 0.508 e. The highest BCUT2D eigenvalue weighted by atomic mass is 19.4. The smallest absolute Gasteiger partial charge is 0.407 e. The molecule has 0 saturated heterocycles. The van der Waals surface area contributed by atoms with Crippen LogP contribution in [-0.2, 0) is 6.54 Å². The minimum Gasteiger partial charge on any atom is -0.508 e. The summed E-state index contributed by atoms with van der Waals surface area (Å²) < 4.78 is 39.3. The minimum absolute atomic E-state index is 0.0195. The van der Waals surface area contributed by atoms with E-state index in [1.54, 1.807) is 36.4 Å². The molecule has 0 aliphatic carbocycles. The lowest BCUT2D eigenvalue weighted by Gasteiger charge is -2.22. The molecule has 2 nitrogen and oxygen atoms in total. The fourth-order valence-corrected chi connectivity index (χ4v) is 1.94. The molecule has 1 unspecified atom stereocenters. The van der Waals surface area contributed by atoms with Gasteiger partial charge < -0.3 is 5.11 Å². The summed E-state index contributed by atoms with van der Waals surface area (Å²) in [4.78, 5) is 0. The van der Waals surface area contributed by atoms with Crippen molar-refractivity contribution >= 4 is 0 Å². The predicted octanol–water partition coefficient (Wildman–Crippen LogP) is 3.79. The molecule has 0 amide bonds. The number of benzene rings is 2. The van der Waals surface area contributed by atoms with Gasteiger partial charge in [-0.25, -0.2) is 0 Å². The van der Waals surface area contributed by atoms with E-state index in [2.05, 4.69) is 5.32 Å². The molecule has 0 aliphatic rings. The van der Waals surface area contributed by atoms with E-state index in [-0.39, 0.29) is 17.9 Å². The Hall–Kier alpha value is -2.01. The van der Waals surface area contributed by atoms with Crippen molar-refractivity contribution in [2.24, 2.45) is 0 Å². The zero-order valence-corrected chi connectivity index (χ0v) is 10.6. The van der Waals surface area contributed by atoms with E-state index in [1.165, 1.54) is 18.2 Å². The molecule has 2 rings (SSSR count). The number of para-hydroxylation sites is 1. The Bertz CT molecular complexity index is 555. The summed E-state index contributed by atoms with van der Waals surface area (Å²) in [6, 6.07) is 12.2. The van der Waals surface area contributed by atoms with Crippen molar-refractivity contribution in [1.82, 2.24) is 5.32 Å². The van der Waals surface area contributed by atoms with E-state index in [4.69, 9.17) is 0 Å². The highest BCUT2D eigenvalue weighted by Crippen LogP contribution is 2.33. The Morgan fingerprint density at radius 1 is 0.950 bits per heavy atom. The van der Waals surface area contributed by atoms with Gasteiger partial charge in [0.05, 0.1) is 0 Å². The summed E-state index contributed by atoms with van der Waals surface area (Å²) in [6.45, 7) is -0.0637. The number of halogens is 3. The second kappa shape index (κ2) is 5.96. The average Bonchev–Trinajstić information content (AvgIpc) is 2.41. The maximum Gasteiger partial charge on any atom is 0.407 e. The fourth-order valence-electron chi connectivity index (χ4n) is 1.94. The standard InChI is InChI=1S/C15H14F3NO/c16-15(17,18)14(11-6-2-1-3-7-11)19-10-12-8-4-5-9-13(12)20/h1-9,14,19-20H,10H2. The lowest BCUT2D eigenvalue weighted by atomic mass is 10.1. The Morgan fingerprint density at radius 3 is 2.15 bits per heavy atom. The SMILES string of the molecule is Oc1ccccc1CNC(c1ccccc1)C(F)(F)F. The molecule has 20 heavy (non-hydrogen) atoms. The summed E-state index contributed by atoms with van der Waals surface area (Å²) in [6.07, 6.45) is -4.40. The van der Waals surface area contributed by atoms with Gasteiger partial charge in [0.2, 0.25) is 0 Å². The first kappa shape index (κ1) is 14.4. The lowest BCUT2D eigenvalue weighted by molar-refractivity contribution is -0.158. The first-order chi connectivity index (χ1) is 9.48. The van der Waals surface area contributed by atoms with Crippen LogP contribution in [0.5, 0.6) is 5.75 Å². The predicted molar refractivity (Wildman–Crippen MR) is 70.2 cm³/mol. The van der Waals surface area contributed by atoms with Crippen LogP contribution in [0.2, 0.25) is 0 Å².